The number of aromatic amines is 1. The molecule has 94 valence electrons. The van der Waals surface area contributed by atoms with Gasteiger partial charge in [-0.05, 0) is 34.1 Å². The number of hydrogen-bond acceptors (Lipinski definition) is 4. The molecule has 0 saturated carbocycles. The van der Waals surface area contributed by atoms with Crippen molar-refractivity contribution in [2.45, 2.75) is 5.16 Å². The van der Waals surface area contributed by atoms with E-state index >= 15 is 0 Å². The first-order valence-corrected chi connectivity index (χ1v) is 7.04. The molecule has 2 N–H and O–H groups in total. The topological polar surface area (TPSA) is 70.7 Å². The van der Waals surface area contributed by atoms with Gasteiger partial charge in [0.15, 0.2) is 5.16 Å². The first kappa shape index (κ1) is 13.4. The zero-order chi connectivity index (χ0) is 13.0. The highest BCUT2D eigenvalue weighted by molar-refractivity contribution is 9.10. The maximum atomic E-state index is 11.7. The van der Waals surface area contributed by atoms with Crippen molar-refractivity contribution in [2.75, 3.05) is 11.1 Å². The zero-order valence-electron chi connectivity index (χ0n) is 8.98. The lowest BCUT2D eigenvalue weighted by atomic mass is 10.3. The molecular weight excluding hydrogens is 340 g/mol. The molecule has 0 atom stereocenters. The van der Waals surface area contributed by atoms with E-state index in [1.807, 2.05) is 0 Å². The van der Waals surface area contributed by atoms with Crippen molar-refractivity contribution in [2.24, 2.45) is 0 Å². The lowest BCUT2D eigenvalue weighted by Crippen LogP contribution is -2.14. The fourth-order valence-electron chi connectivity index (χ4n) is 1.17. The molecule has 8 heteroatoms. The fraction of sp³-hybridized carbons (Fsp3) is 0.100. The number of benzene rings is 1. The van der Waals surface area contributed by atoms with Crippen LogP contribution in [0.15, 0.2) is 34.2 Å². The molecule has 0 bridgehead atoms. The van der Waals surface area contributed by atoms with Gasteiger partial charge in [-0.2, -0.15) is 5.10 Å². The summed E-state index contributed by atoms with van der Waals surface area (Å²) in [6.45, 7) is 0. The molecule has 0 aliphatic rings. The number of amides is 1. The second-order valence-electron chi connectivity index (χ2n) is 3.26. The van der Waals surface area contributed by atoms with Crippen molar-refractivity contribution < 1.29 is 4.79 Å². The molecule has 0 spiro atoms. The molecule has 1 amide bonds. The number of anilines is 1. The Hall–Kier alpha value is -1.05. The van der Waals surface area contributed by atoms with Crippen LogP contribution in [-0.4, -0.2) is 26.8 Å². The normalized spacial score (nSPS) is 10.3. The number of aromatic nitrogens is 3. The summed E-state index contributed by atoms with van der Waals surface area (Å²) in [6.07, 6.45) is 1.40. The van der Waals surface area contributed by atoms with Crippen molar-refractivity contribution in [1.29, 1.82) is 0 Å². The highest BCUT2D eigenvalue weighted by atomic mass is 79.9. The molecule has 0 aliphatic heterocycles. The number of thioether (sulfide) groups is 1. The van der Waals surface area contributed by atoms with E-state index in [-0.39, 0.29) is 11.7 Å². The van der Waals surface area contributed by atoms with Crippen molar-refractivity contribution in [3.63, 3.8) is 0 Å². The van der Waals surface area contributed by atoms with Gasteiger partial charge in [0.25, 0.3) is 0 Å². The monoisotopic (exact) mass is 346 g/mol. The minimum atomic E-state index is -0.130. The summed E-state index contributed by atoms with van der Waals surface area (Å²) in [4.78, 5) is 15.6. The van der Waals surface area contributed by atoms with Gasteiger partial charge < -0.3 is 5.32 Å². The summed E-state index contributed by atoms with van der Waals surface area (Å²) < 4.78 is 0.790. The van der Waals surface area contributed by atoms with Gasteiger partial charge in [-0.25, -0.2) is 4.98 Å². The van der Waals surface area contributed by atoms with Gasteiger partial charge >= 0.3 is 0 Å². The number of carbonyl (C=O) groups is 1. The minimum Gasteiger partial charge on any atom is -0.325 e. The van der Waals surface area contributed by atoms with Crippen LogP contribution in [0.5, 0.6) is 0 Å². The van der Waals surface area contributed by atoms with Crippen LogP contribution in [0.1, 0.15) is 0 Å². The number of hydrogen-bond donors (Lipinski definition) is 2. The third kappa shape index (κ3) is 3.72. The predicted octanol–water partition coefficient (Wildman–Crippen LogP) is 2.95. The highest BCUT2D eigenvalue weighted by Crippen LogP contribution is 2.25. The molecule has 0 radical (unpaired) electrons. The Morgan fingerprint density at radius 1 is 1.56 bits per heavy atom. The van der Waals surface area contributed by atoms with E-state index in [1.54, 1.807) is 18.2 Å². The number of carbonyl (C=O) groups excluding carboxylic acids is 1. The van der Waals surface area contributed by atoms with Crippen LogP contribution in [-0.2, 0) is 4.79 Å². The van der Waals surface area contributed by atoms with Crippen molar-refractivity contribution in [3.05, 3.63) is 34.0 Å². The van der Waals surface area contributed by atoms with E-state index in [0.717, 1.165) is 4.47 Å². The highest BCUT2D eigenvalue weighted by Gasteiger charge is 2.06. The second-order valence-corrected chi connectivity index (χ2v) is 5.48. The van der Waals surface area contributed by atoms with E-state index in [0.29, 0.717) is 15.9 Å². The van der Waals surface area contributed by atoms with E-state index < -0.39 is 0 Å². The Balaban J connectivity index is 1.88. The minimum absolute atomic E-state index is 0.130. The van der Waals surface area contributed by atoms with Gasteiger partial charge in [-0.1, -0.05) is 23.4 Å². The summed E-state index contributed by atoms with van der Waals surface area (Å²) in [7, 11) is 0. The number of rotatable bonds is 4. The van der Waals surface area contributed by atoms with E-state index in [1.165, 1.54) is 18.1 Å². The number of nitrogens with one attached hydrogen (secondary N) is 2. The number of nitrogens with zero attached hydrogens (tertiary/aromatic N) is 2. The van der Waals surface area contributed by atoms with Crippen LogP contribution in [0.3, 0.4) is 0 Å². The summed E-state index contributed by atoms with van der Waals surface area (Å²) >= 11 is 10.5. The maximum Gasteiger partial charge on any atom is 0.234 e. The lowest BCUT2D eigenvalue weighted by molar-refractivity contribution is -0.113. The summed E-state index contributed by atoms with van der Waals surface area (Å²) in [6, 6.07) is 5.23. The molecule has 18 heavy (non-hydrogen) atoms. The van der Waals surface area contributed by atoms with Gasteiger partial charge in [0, 0.05) is 10.2 Å². The fourth-order valence-corrected chi connectivity index (χ4v) is 2.17. The molecule has 0 fully saturated rings. The van der Waals surface area contributed by atoms with Gasteiger partial charge in [0.05, 0.1) is 10.8 Å². The smallest absolute Gasteiger partial charge is 0.234 e. The molecule has 5 nitrogen and oxygen atoms in total. The number of H-pyrrole nitrogens is 1. The molecular formula is C10H8BrClN4OS. The van der Waals surface area contributed by atoms with Gasteiger partial charge in [0.1, 0.15) is 6.33 Å². The van der Waals surface area contributed by atoms with Crippen LogP contribution >= 0.6 is 39.3 Å². The quantitative estimate of drug-likeness (QED) is 0.834. The predicted molar refractivity (Wildman–Crippen MR) is 74.9 cm³/mol. The van der Waals surface area contributed by atoms with Crippen LogP contribution in [0, 0.1) is 0 Å². The van der Waals surface area contributed by atoms with E-state index in [4.69, 9.17) is 11.6 Å². The molecule has 2 rings (SSSR count). The van der Waals surface area contributed by atoms with Crippen LogP contribution in [0.2, 0.25) is 5.02 Å². The van der Waals surface area contributed by atoms with Crippen LogP contribution in [0.4, 0.5) is 5.69 Å². The maximum absolute atomic E-state index is 11.7. The molecule has 2 aromatic rings. The molecule has 1 aromatic carbocycles. The first-order valence-electron chi connectivity index (χ1n) is 4.88. The Morgan fingerprint density at radius 2 is 2.39 bits per heavy atom. The molecule has 0 saturated heterocycles. The van der Waals surface area contributed by atoms with Crippen molar-refractivity contribution in [3.8, 4) is 0 Å². The van der Waals surface area contributed by atoms with Gasteiger partial charge in [-0.3, -0.25) is 9.89 Å². The van der Waals surface area contributed by atoms with E-state index in [2.05, 4.69) is 36.4 Å². The standard InChI is InChI=1S/C10H8BrClN4OS/c11-7-2-1-6(3-8(7)12)15-9(17)4-18-10-13-5-14-16-10/h1-3,5H,4H2,(H,15,17)(H,13,14,16). The zero-order valence-corrected chi connectivity index (χ0v) is 12.1. The van der Waals surface area contributed by atoms with Crippen LogP contribution in [0.25, 0.3) is 0 Å². The summed E-state index contributed by atoms with van der Waals surface area (Å²) in [5.41, 5.74) is 0.659. The largest absolute Gasteiger partial charge is 0.325 e. The summed E-state index contributed by atoms with van der Waals surface area (Å²) in [5.74, 6) is 0.123. The Kier molecular flexibility index (Phi) is 4.62. The van der Waals surface area contributed by atoms with E-state index in [9.17, 15) is 4.79 Å². The Labute approximate surface area is 121 Å². The Bertz CT molecular complexity index is 549. The SMILES string of the molecule is O=C(CSc1ncn[nH]1)Nc1ccc(Br)c(Cl)c1. The van der Waals surface area contributed by atoms with Gasteiger partial charge in [-0.15, -0.1) is 0 Å². The molecule has 0 unspecified atom stereocenters. The van der Waals surface area contributed by atoms with Crippen molar-refractivity contribution >= 4 is 50.9 Å². The average molecular weight is 348 g/mol. The summed E-state index contributed by atoms with van der Waals surface area (Å²) in [5, 5.41) is 10.3. The van der Waals surface area contributed by atoms with Gasteiger partial charge in [0.2, 0.25) is 5.91 Å². The second kappa shape index (κ2) is 6.21. The first-order chi connectivity index (χ1) is 8.65. The molecule has 1 heterocycles. The third-order valence-corrected chi connectivity index (χ3v) is 4.05. The number of halogens is 2. The average Bonchev–Trinajstić information content (AvgIpc) is 2.84. The molecule has 1 aromatic heterocycles. The lowest BCUT2D eigenvalue weighted by Gasteiger charge is -2.05. The van der Waals surface area contributed by atoms with Crippen LogP contribution < -0.4 is 5.32 Å². The Morgan fingerprint density at radius 3 is 3.06 bits per heavy atom. The third-order valence-electron chi connectivity index (χ3n) is 1.94. The van der Waals surface area contributed by atoms with Crippen molar-refractivity contribution in [1.82, 2.24) is 15.2 Å². The molecule has 0 aliphatic carbocycles.